The van der Waals surface area contributed by atoms with Crippen molar-refractivity contribution in [2.45, 2.75) is 6.92 Å². The maximum absolute atomic E-state index is 11.9. The average molecular weight is 191 g/mol. The number of benzene rings is 1. The molecule has 75 valence electrons. The molecule has 1 amide bonds. The first-order valence-corrected chi connectivity index (χ1v) is 4.62. The highest BCUT2D eigenvalue weighted by Crippen LogP contribution is 2.04. The Labute approximate surface area is 84.9 Å². The van der Waals surface area contributed by atoms with Gasteiger partial charge in [-0.15, -0.1) is 0 Å². The molecule has 0 bridgehead atoms. The molecule has 1 aromatic carbocycles. The molecule has 0 aliphatic carbocycles. The summed E-state index contributed by atoms with van der Waals surface area (Å²) in [5.41, 5.74) is 0.669. The highest BCUT2D eigenvalue weighted by molar-refractivity contribution is 5.93. The van der Waals surface area contributed by atoms with Crippen molar-refractivity contribution >= 4 is 5.91 Å². The monoisotopic (exact) mass is 191 g/mol. The summed E-state index contributed by atoms with van der Waals surface area (Å²) in [7, 11) is 3.71. The Balaban J connectivity index is 2.84. The molecule has 0 aromatic heterocycles. The van der Waals surface area contributed by atoms with Gasteiger partial charge in [-0.3, -0.25) is 9.80 Å². The minimum atomic E-state index is 0.00866. The number of hydrogen-bond acceptors (Lipinski definition) is 2. The molecule has 0 unspecified atom stereocenters. The molecule has 0 saturated heterocycles. The Kier molecular flexibility index (Phi) is 3.65. The third-order valence-corrected chi connectivity index (χ3v) is 1.97. The maximum atomic E-state index is 11.9. The lowest BCUT2D eigenvalue weighted by atomic mass is 10.2. The van der Waals surface area contributed by atoms with E-state index >= 15 is 0 Å². The predicted molar refractivity (Wildman–Crippen MR) is 55.7 cm³/mol. The van der Waals surface area contributed by atoms with E-state index in [1.807, 2.05) is 27.1 Å². The Morgan fingerprint density at radius 2 is 2.21 bits per heavy atom. The first-order valence-electron chi connectivity index (χ1n) is 4.62. The fourth-order valence-electron chi connectivity index (χ4n) is 1.28. The van der Waals surface area contributed by atoms with Crippen LogP contribution in [0.5, 0.6) is 0 Å². The van der Waals surface area contributed by atoms with Crippen molar-refractivity contribution in [3.05, 3.63) is 35.9 Å². The fourth-order valence-corrected chi connectivity index (χ4v) is 1.28. The average Bonchev–Trinajstić information content (AvgIpc) is 2.19. The third kappa shape index (κ3) is 2.33. The number of rotatable bonds is 3. The zero-order chi connectivity index (χ0) is 10.6. The molecule has 0 aliphatic heterocycles. The summed E-state index contributed by atoms with van der Waals surface area (Å²) in [6.45, 7) is 2.62. The number of carbonyl (C=O) groups excluding carboxylic acids is 1. The second-order valence-corrected chi connectivity index (χ2v) is 3.16. The number of hydrogen-bond donors (Lipinski definition) is 0. The van der Waals surface area contributed by atoms with Crippen molar-refractivity contribution in [1.29, 1.82) is 0 Å². The van der Waals surface area contributed by atoms with Crippen LogP contribution in [0.25, 0.3) is 0 Å². The molecular formula is C11H15N2O. The highest BCUT2D eigenvalue weighted by Gasteiger charge is 2.14. The molecule has 14 heavy (non-hydrogen) atoms. The molecule has 0 heterocycles. The molecule has 1 rings (SSSR count). The van der Waals surface area contributed by atoms with Crippen molar-refractivity contribution in [1.82, 2.24) is 10.0 Å². The van der Waals surface area contributed by atoms with E-state index in [2.05, 4.69) is 6.07 Å². The van der Waals surface area contributed by atoms with Gasteiger partial charge in [-0.1, -0.05) is 12.1 Å². The highest BCUT2D eigenvalue weighted by atomic mass is 16.2. The molecule has 0 spiro atoms. The topological polar surface area (TPSA) is 23.6 Å². The van der Waals surface area contributed by atoms with Crippen LogP contribution in [-0.2, 0) is 0 Å². The summed E-state index contributed by atoms with van der Waals surface area (Å²) in [6.07, 6.45) is 0. The summed E-state index contributed by atoms with van der Waals surface area (Å²) >= 11 is 0. The van der Waals surface area contributed by atoms with Crippen molar-refractivity contribution in [3.63, 3.8) is 0 Å². The predicted octanol–water partition coefficient (Wildman–Crippen LogP) is 1.43. The first-order chi connectivity index (χ1) is 6.66. The Morgan fingerprint density at radius 1 is 1.50 bits per heavy atom. The summed E-state index contributed by atoms with van der Waals surface area (Å²) in [6, 6.07) is 9.99. The third-order valence-electron chi connectivity index (χ3n) is 1.97. The van der Waals surface area contributed by atoms with Gasteiger partial charge in [0, 0.05) is 26.2 Å². The minimum Gasteiger partial charge on any atom is -0.272 e. The molecule has 3 heteroatoms. The summed E-state index contributed by atoms with van der Waals surface area (Å²) in [5, 5.41) is 3.46. The van der Waals surface area contributed by atoms with E-state index < -0.39 is 0 Å². The van der Waals surface area contributed by atoms with E-state index in [1.165, 1.54) is 0 Å². The van der Waals surface area contributed by atoms with Gasteiger partial charge >= 0.3 is 0 Å². The smallest absolute Gasteiger partial charge is 0.268 e. The van der Waals surface area contributed by atoms with Gasteiger partial charge in [-0.2, -0.15) is 0 Å². The zero-order valence-electron chi connectivity index (χ0n) is 8.82. The van der Waals surface area contributed by atoms with Crippen LogP contribution in [0.2, 0.25) is 0 Å². The summed E-state index contributed by atoms with van der Waals surface area (Å²) in [5.74, 6) is 0.00866. The van der Waals surface area contributed by atoms with E-state index in [-0.39, 0.29) is 5.91 Å². The standard InChI is InChI=1S/C11H15N2O/c1-4-13(12(2)3)11(14)10-8-6-5-7-9-10/h5-6,8-9H,4H2,1-3H3. The lowest BCUT2D eigenvalue weighted by Gasteiger charge is -2.27. The molecule has 0 atom stereocenters. The first kappa shape index (κ1) is 10.7. The molecular weight excluding hydrogens is 176 g/mol. The molecule has 0 N–H and O–H groups in total. The van der Waals surface area contributed by atoms with Crippen LogP contribution in [0.4, 0.5) is 0 Å². The van der Waals surface area contributed by atoms with E-state index in [4.69, 9.17) is 0 Å². The van der Waals surface area contributed by atoms with E-state index in [0.29, 0.717) is 12.1 Å². The van der Waals surface area contributed by atoms with E-state index in [0.717, 1.165) is 0 Å². The molecule has 1 aromatic rings. The number of hydrazine groups is 1. The van der Waals surface area contributed by atoms with Gasteiger partial charge < -0.3 is 0 Å². The van der Waals surface area contributed by atoms with Gasteiger partial charge in [-0.05, 0) is 25.1 Å². The summed E-state index contributed by atoms with van der Waals surface area (Å²) < 4.78 is 0. The van der Waals surface area contributed by atoms with E-state index in [1.54, 1.807) is 28.2 Å². The van der Waals surface area contributed by atoms with Crippen LogP contribution in [-0.4, -0.2) is 36.6 Å². The lowest BCUT2D eigenvalue weighted by Crippen LogP contribution is -2.41. The Morgan fingerprint density at radius 3 is 2.64 bits per heavy atom. The largest absolute Gasteiger partial charge is 0.272 e. The van der Waals surface area contributed by atoms with Crippen molar-refractivity contribution in [2.24, 2.45) is 0 Å². The van der Waals surface area contributed by atoms with Crippen LogP contribution in [0, 0.1) is 6.07 Å². The fraction of sp³-hybridized carbons (Fsp3) is 0.364. The SMILES string of the molecule is CCN(C(=O)c1c[c]ccc1)N(C)C. The molecule has 0 aliphatic rings. The minimum absolute atomic E-state index is 0.00866. The Hall–Kier alpha value is -1.35. The number of carbonyl (C=O) groups is 1. The van der Waals surface area contributed by atoms with Crippen molar-refractivity contribution in [2.75, 3.05) is 20.6 Å². The molecule has 3 nitrogen and oxygen atoms in total. The van der Waals surface area contributed by atoms with Gasteiger partial charge in [0.1, 0.15) is 0 Å². The second kappa shape index (κ2) is 4.77. The molecule has 0 saturated carbocycles. The number of amides is 1. The Bertz CT molecular complexity index is 295. The normalized spacial score (nSPS) is 10.3. The van der Waals surface area contributed by atoms with Crippen LogP contribution < -0.4 is 0 Å². The van der Waals surface area contributed by atoms with Crippen molar-refractivity contribution < 1.29 is 4.79 Å². The van der Waals surface area contributed by atoms with Gasteiger partial charge in [-0.25, -0.2) is 5.01 Å². The quantitative estimate of drug-likeness (QED) is 0.675. The van der Waals surface area contributed by atoms with Crippen LogP contribution in [0.3, 0.4) is 0 Å². The van der Waals surface area contributed by atoms with E-state index in [9.17, 15) is 4.79 Å². The van der Waals surface area contributed by atoms with Gasteiger partial charge in [0.2, 0.25) is 0 Å². The number of nitrogens with zero attached hydrogens (tertiary/aromatic N) is 2. The zero-order valence-corrected chi connectivity index (χ0v) is 8.82. The van der Waals surface area contributed by atoms with Crippen molar-refractivity contribution in [3.8, 4) is 0 Å². The van der Waals surface area contributed by atoms with Gasteiger partial charge in [0.15, 0.2) is 0 Å². The summed E-state index contributed by atoms with van der Waals surface area (Å²) in [4.78, 5) is 11.9. The second-order valence-electron chi connectivity index (χ2n) is 3.16. The lowest BCUT2D eigenvalue weighted by molar-refractivity contribution is 0.0230. The van der Waals surface area contributed by atoms with Gasteiger partial charge in [0.25, 0.3) is 5.91 Å². The van der Waals surface area contributed by atoms with Crippen LogP contribution >= 0.6 is 0 Å². The van der Waals surface area contributed by atoms with Crippen LogP contribution in [0.15, 0.2) is 24.3 Å². The van der Waals surface area contributed by atoms with Crippen LogP contribution in [0.1, 0.15) is 17.3 Å². The molecule has 1 radical (unpaired) electrons. The maximum Gasteiger partial charge on any atom is 0.268 e. The van der Waals surface area contributed by atoms with Gasteiger partial charge in [0.05, 0.1) is 0 Å². The molecule has 0 fully saturated rings.